The van der Waals surface area contributed by atoms with Crippen LogP contribution < -0.4 is 4.74 Å². The Bertz CT molecular complexity index is 585. The highest BCUT2D eigenvalue weighted by Gasteiger charge is 2.09. The molecule has 0 saturated heterocycles. The van der Waals surface area contributed by atoms with Crippen LogP contribution in [0.4, 0.5) is 5.69 Å². The second-order valence-electron chi connectivity index (χ2n) is 6.42. The van der Waals surface area contributed by atoms with Gasteiger partial charge in [-0.25, -0.2) is 0 Å². The number of benzene rings is 1. The summed E-state index contributed by atoms with van der Waals surface area (Å²) in [6.07, 6.45) is 8.26. The molecule has 0 spiro atoms. The summed E-state index contributed by atoms with van der Waals surface area (Å²) in [6.45, 7) is 2.65. The van der Waals surface area contributed by atoms with E-state index < -0.39 is 10.9 Å². The van der Waals surface area contributed by atoms with Gasteiger partial charge in [0.1, 0.15) is 5.75 Å². The molecule has 1 rings (SSSR count). The number of non-ortho nitro benzene ring substituents is 1. The summed E-state index contributed by atoms with van der Waals surface area (Å²) in [7, 11) is 0. The maximum atomic E-state index is 11.7. The number of carbonyl (C=O) groups is 2. The topological polar surface area (TPSA) is 95.7 Å². The van der Waals surface area contributed by atoms with Crippen LogP contribution in [0.15, 0.2) is 24.3 Å². The van der Waals surface area contributed by atoms with Crippen LogP contribution in [0.3, 0.4) is 0 Å². The van der Waals surface area contributed by atoms with Gasteiger partial charge in [0.05, 0.1) is 11.5 Å². The Morgan fingerprint density at radius 3 is 2.11 bits per heavy atom. The lowest BCUT2D eigenvalue weighted by atomic mass is 10.1. The van der Waals surface area contributed by atoms with Crippen molar-refractivity contribution in [3.63, 3.8) is 0 Å². The molecule has 150 valence electrons. The molecule has 0 aliphatic heterocycles. The lowest BCUT2D eigenvalue weighted by Gasteiger charge is -2.05. The summed E-state index contributed by atoms with van der Waals surface area (Å²) < 4.78 is 10.3. The number of nitrogens with zero attached hydrogens (tertiary/aromatic N) is 1. The fourth-order valence-corrected chi connectivity index (χ4v) is 2.50. The minimum Gasteiger partial charge on any atom is -0.466 e. The number of ether oxygens (including phenoxy) is 2. The van der Waals surface area contributed by atoms with Gasteiger partial charge in [0.25, 0.3) is 5.69 Å². The number of rotatable bonds is 14. The van der Waals surface area contributed by atoms with E-state index in [1.54, 1.807) is 0 Å². The van der Waals surface area contributed by atoms with Crippen LogP contribution in [0, 0.1) is 10.1 Å². The van der Waals surface area contributed by atoms with Crippen LogP contribution in [-0.2, 0) is 14.3 Å². The molecule has 7 nitrogen and oxygen atoms in total. The molecule has 1 aromatic carbocycles. The van der Waals surface area contributed by atoms with Gasteiger partial charge in [0.15, 0.2) is 0 Å². The van der Waals surface area contributed by atoms with Crippen molar-refractivity contribution in [3.05, 3.63) is 34.4 Å². The number of nitro benzene ring substituents is 1. The molecule has 0 atom stereocenters. The van der Waals surface area contributed by atoms with Gasteiger partial charge >= 0.3 is 11.9 Å². The number of carbonyl (C=O) groups excluding carboxylic acids is 2. The molecule has 0 aliphatic rings. The van der Waals surface area contributed by atoms with Crippen molar-refractivity contribution in [2.24, 2.45) is 0 Å². The minimum atomic E-state index is -0.511. The Morgan fingerprint density at radius 2 is 1.48 bits per heavy atom. The smallest absolute Gasteiger partial charge is 0.311 e. The zero-order valence-corrected chi connectivity index (χ0v) is 16.0. The van der Waals surface area contributed by atoms with Gasteiger partial charge in [0.2, 0.25) is 0 Å². The summed E-state index contributed by atoms with van der Waals surface area (Å²) in [6, 6.07) is 5.37. The highest BCUT2D eigenvalue weighted by Crippen LogP contribution is 2.18. The van der Waals surface area contributed by atoms with Crippen molar-refractivity contribution >= 4 is 17.6 Å². The average molecular weight is 379 g/mol. The van der Waals surface area contributed by atoms with E-state index in [-0.39, 0.29) is 23.8 Å². The second-order valence-corrected chi connectivity index (χ2v) is 6.42. The monoisotopic (exact) mass is 379 g/mol. The molecule has 27 heavy (non-hydrogen) atoms. The van der Waals surface area contributed by atoms with Gasteiger partial charge in [0, 0.05) is 25.0 Å². The lowest BCUT2D eigenvalue weighted by molar-refractivity contribution is -0.384. The first kappa shape index (κ1) is 22.6. The van der Waals surface area contributed by atoms with Crippen LogP contribution in [0.2, 0.25) is 0 Å². The highest BCUT2D eigenvalue weighted by molar-refractivity contribution is 5.72. The predicted octanol–water partition coefficient (Wildman–Crippen LogP) is 4.96. The Labute approximate surface area is 160 Å². The van der Waals surface area contributed by atoms with Crippen LogP contribution in [-0.4, -0.2) is 23.5 Å². The first-order chi connectivity index (χ1) is 13.0. The van der Waals surface area contributed by atoms with Gasteiger partial charge < -0.3 is 9.47 Å². The fraction of sp³-hybridized carbons (Fsp3) is 0.600. The van der Waals surface area contributed by atoms with Crippen LogP contribution in [0.1, 0.15) is 71.1 Å². The molecule has 0 amide bonds. The zero-order valence-electron chi connectivity index (χ0n) is 16.0. The second kappa shape index (κ2) is 13.7. The molecule has 0 aliphatic carbocycles. The van der Waals surface area contributed by atoms with Crippen molar-refractivity contribution in [1.82, 2.24) is 0 Å². The summed E-state index contributed by atoms with van der Waals surface area (Å²) in [4.78, 5) is 33.4. The lowest BCUT2D eigenvalue weighted by Crippen LogP contribution is -2.08. The normalized spacial score (nSPS) is 10.4. The van der Waals surface area contributed by atoms with E-state index in [4.69, 9.17) is 9.47 Å². The number of esters is 2. The molecule has 0 heterocycles. The molecule has 7 heteroatoms. The number of unbranched alkanes of at least 4 members (excludes halogenated alkanes) is 6. The van der Waals surface area contributed by atoms with E-state index in [1.807, 2.05) is 0 Å². The van der Waals surface area contributed by atoms with Crippen molar-refractivity contribution in [2.45, 2.75) is 71.1 Å². The molecule has 0 fully saturated rings. The summed E-state index contributed by atoms with van der Waals surface area (Å²) >= 11 is 0. The summed E-state index contributed by atoms with van der Waals surface area (Å²) in [5, 5.41) is 10.6. The Kier molecular flexibility index (Phi) is 11.5. The van der Waals surface area contributed by atoms with Gasteiger partial charge in [-0.3, -0.25) is 19.7 Å². The van der Waals surface area contributed by atoms with Gasteiger partial charge in [-0.2, -0.15) is 0 Å². The van der Waals surface area contributed by atoms with E-state index >= 15 is 0 Å². The third kappa shape index (κ3) is 11.0. The molecular weight excluding hydrogens is 350 g/mol. The zero-order chi connectivity index (χ0) is 19.9. The highest BCUT2D eigenvalue weighted by atomic mass is 16.6. The quantitative estimate of drug-likeness (QED) is 0.149. The standard InChI is InChI=1S/C20H29NO6/c1-2-3-4-5-9-16-26-19(22)10-7-6-8-11-20(23)27-18-14-12-17(13-15-18)21(24)25/h12-15H,2-11,16H2,1H3. The van der Waals surface area contributed by atoms with Crippen molar-refractivity contribution in [3.8, 4) is 5.75 Å². The predicted molar refractivity (Wildman–Crippen MR) is 102 cm³/mol. The Balaban J connectivity index is 2.04. The largest absolute Gasteiger partial charge is 0.466 e. The first-order valence-corrected chi connectivity index (χ1v) is 9.63. The third-order valence-electron chi connectivity index (χ3n) is 4.05. The van der Waals surface area contributed by atoms with Gasteiger partial charge in [-0.1, -0.05) is 39.0 Å². The SMILES string of the molecule is CCCCCCCOC(=O)CCCCCC(=O)Oc1ccc([N+](=O)[O-])cc1. The minimum absolute atomic E-state index is 0.0531. The molecule has 0 saturated carbocycles. The number of hydrogen-bond acceptors (Lipinski definition) is 6. The molecule has 0 N–H and O–H groups in total. The van der Waals surface area contributed by atoms with Crippen molar-refractivity contribution in [1.29, 1.82) is 0 Å². The van der Waals surface area contributed by atoms with Gasteiger partial charge in [-0.15, -0.1) is 0 Å². The van der Waals surface area contributed by atoms with E-state index in [0.29, 0.717) is 25.9 Å². The van der Waals surface area contributed by atoms with E-state index in [9.17, 15) is 19.7 Å². The fourth-order valence-electron chi connectivity index (χ4n) is 2.50. The Hall–Kier alpha value is -2.44. The van der Waals surface area contributed by atoms with Crippen LogP contribution in [0.5, 0.6) is 5.75 Å². The molecule has 0 radical (unpaired) electrons. The average Bonchev–Trinajstić information content (AvgIpc) is 2.64. The van der Waals surface area contributed by atoms with E-state index in [1.165, 1.54) is 43.5 Å². The molecule has 1 aromatic rings. The first-order valence-electron chi connectivity index (χ1n) is 9.63. The van der Waals surface area contributed by atoms with E-state index in [2.05, 4.69) is 6.92 Å². The van der Waals surface area contributed by atoms with Crippen LogP contribution in [0.25, 0.3) is 0 Å². The van der Waals surface area contributed by atoms with Crippen molar-refractivity contribution in [2.75, 3.05) is 6.61 Å². The summed E-state index contributed by atoms with van der Waals surface area (Å²) in [5.74, 6) is -0.287. The van der Waals surface area contributed by atoms with Crippen molar-refractivity contribution < 1.29 is 24.0 Å². The Morgan fingerprint density at radius 1 is 0.889 bits per heavy atom. The number of nitro groups is 1. The van der Waals surface area contributed by atoms with E-state index in [0.717, 1.165) is 19.3 Å². The van der Waals surface area contributed by atoms with Crippen LogP contribution >= 0.6 is 0 Å². The molecule has 0 unspecified atom stereocenters. The van der Waals surface area contributed by atoms with Gasteiger partial charge in [-0.05, 0) is 31.4 Å². The molecular formula is C20H29NO6. The summed E-state index contributed by atoms with van der Waals surface area (Å²) in [5.41, 5.74) is -0.0531. The maximum absolute atomic E-state index is 11.7. The molecule has 0 bridgehead atoms. The maximum Gasteiger partial charge on any atom is 0.311 e. The third-order valence-corrected chi connectivity index (χ3v) is 4.05. The molecule has 0 aromatic heterocycles. The number of hydrogen-bond donors (Lipinski definition) is 0.